The van der Waals surface area contributed by atoms with Crippen molar-refractivity contribution in [1.82, 2.24) is 14.6 Å². The van der Waals surface area contributed by atoms with Crippen molar-refractivity contribution in [2.75, 3.05) is 11.1 Å². The third-order valence-electron chi connectivity index (χ3n) is 3.59. The van der Waals surface area contributed by atoms with Crippen molar-refractivity contribution in [3.8, 4) is 0 Å². The van der Waals surface area contributed by atoms with Crippen LogP contribution in [0.4, 0.5) is 18.9 Å². The Morgan fingerprint density at radius 3 is 2.56 bits per heavy atom. The van der Waals surface area contributed by atoms with Crippen molar-refractivity contribution in [1.29, 1.82) is 0 Å². The number of benzene rings is 1. The molecule has 3 rings (SSSR count). The van der Waals surface area contributed by atoms with E-state index in [9.17, 15) is 26.4 Å². The van der Waals surface area contributed by atoms with Gasteiger partial charge < -0.3 is 5.32 Å². The SMILES string of the molecule is O=C(CCS(=O)(=O)c1ccccc1)Nc1cnc2cc(C(F)(F)F)nn2c1. The lowest BCUT2D eigenvalue weighted by Crippen LogP contribution is -2.17. The number of nitrogens with one attached hydrogen (secondary N) is 1. The number of sulfone groups is 1. The number of hydrogen-bond acceptors (Lipinski definition) is 5. The van der Waals surface area contributed by atoms with Gasteiger partial charge >= 0.3 is 6.18 Å². The predicted molar refractivity (Wildman–Crippen MR) is 89.7 cm³/mol. The summed E-state index contributed by atoms with van der Waals surface area (Å²) in [7, 11) is -3.61. The third-order valence-corrected chi connectivity index (χ3v) is 5.32. The molecule has 3 aromatic rings. The largest absolute Gasteiger partial charge is 0.435 e. The molecule has 0 aliphatic rings. The van der Waals surface area contributed by atoms with E-state index in [1.54, 1.807) is 18.2 Å². The van der Waals surface area contributed by atoms with Crippen LogP contribution in [-0.4, -0.2) is 34.7 Å². The summed E-state index contributed by atoms with van der Waals surface area (Å²) in [5.74, 6) is -1.02. The van der Waals surface area contributed by atoms with E-state index in [1.807, 2.05) is 0 Å². The number of aromatic nitrogens is 3. The summed E-state index contributed by atoms with van der Waals surface area (Å²) in [6.07, 6.45) is -2.59. The van der Waals surface area contributed by atoms with Crippen molar-refractivity contribution in [3.05, 3.63) is 54.5 Å². The van der Waals surface area contributed by atoms with Crippen LogP contribution in [0.2, 0.25) is 0 Å². The zero-order valence-corrected chi connectivity index (χ0v) is 14.5. The Labute approximate surface area is 151 Å². The molecule has 1 aromatic carbocycles. The second kappa shape index (κ2) is 6.99. The van der Waals surface area contributed by atoms with Crippen molar-refractivity contribution in [2.45, 2.75) is 17.5 Å². The number of amides is 1. The van der Waals surface area contributed by atoms with Gasteiger partial charge in [0.25, 0.3) is 0 Å². The second-order valence-electron chi connectivity index (χ2n) is 5.60. The topological polar surface area (TPSA) is 93.4 Å². The molecule has 0 radical (unpaired) electrons. The number of halogens is 3. The normalized spacial score (nSPS) is 12.3. The van der Waals surface area contributed by atoms with Crippen molar-refractivity contribution in [3.63, 3.8) is 0 Å². The van der Waals surface area contributed by atoms with E-state index in [4.69, 9.17) is 0 Å². The summed E-state index contributed by atoms with van der Waals surface area (Å²) in [5, 5.41) is 5.76. The molecule has 0 saturated carbocycles. The Kier molecular flexibility index (Phi) is 4.87. The Morgan fingerprint density at radius 1 is 1.19 bits per heavy atom. The standard InChI is InChI=1S/C16H13F3N4O3S/c17-16(18,19)13-8-14-20-9-11(10-23(14)22-13)21-15(24)6-7-27(25,26)12-4-2-1-3-5-12/h1-5,8-10H,6-7H2,(H,21,24). The average Bonchev–Trinajstić information content (AvgIpc) is 3.05. The fraction of sp³-hybridized carbons (Fsp3) is 0.188. The van der Waals surface area contributed by atoms with E-state index >= 15 is 0 Å². The minimum Gasteiger partial charge on any atom is -0.323 e. The molecular weight excluding hydrogens is 385 g/mol. The highest BCUT2D eigenvalue weighted by atomic mass is 32.2. The highest BCUT2D eigenvalue weighted by molar-refractivity contribution is 7.91. The monoisotopic (exact) mass is 398 g/mol. The number of fused-ring (bicyclic) bond motifs is 1. The lowest BCUT2D eigenvalue weighted by atomic mass is 10.4. The summed E-state index contributed by atoms with van der Waals surface area (Å²) in [5.41, 5.74) is -1.04. The van der Waals surface area contributed by atoms with Crippen LogP contribution in [0.1, 0.15) is 12.1 Å². The van der Waals surface area contributed by atoms with E-state index in [1.165, 1.54) is 24.5 Å². The van der Waals surface area contributed by atoms with Crippen LogP contribution >= 0.6 is 0 Å². The molecule has 7 nitrogen and oxygen atoms in total. The summed E-state index contributed by atoms with van der Waals surface area (Å²) in [6.45, 7) is 0. The summed E-state index contributed by atoms with van der Waals surface area (Å²) >= 11 is 0. The summed E-state index contributed by atoms with van der Waals surface area (Å²) < 4.78 is 63.2. The highest BCUT2D eigenvalue weighted by Crippen LogP contribution is 2.28. The Bertz CT molecular complexity index is 1080. The summed E-state index contributed by atoms with van der Waals surface area (Å²) in [6, 6.07) is 8.47. The van der Waals surface area contributed by atoms with E-state index in [-0.39, 0.29) is 22.7 Å². The van der Waals surface area contributed by atoms with Gasteiger partial charge in [-0.1, -0.05) is 18.2 Å². The van der Waals surface area contributed by atoms with Gasteiger partial charge in [-0.25, -0.2) is 17.9 Å². The van der Waals surface area contributed by atoms with Crippen LogP contribution in [0.15, 0.2) is 53.7 Å². The number of alkyl halides is 3. The Hall–Kier alpha value is -2.95. The molecule has 1 N–H and O–H groups in total. The zero-order chi connectivity index (χ0) is 19.7. The maximum absolute atomic E-state index is 12.7. The van der Waals surface area contributed by atoms with E-state index in [2.05, 4.69) is 15.4 Å². The van der Waals surface area contributed by atoms with Crippen LogP contribution < -0.4 is 5.32 Å². The minimum absolute atomic E-state index is 0.0352. The minimum atomic E-state index is -4.61. The first-order valence-corrected chi connectivity index (χ1v) is 9.31. The molecule has 0 fully saturated rings. The highest BCUT2D eigenvalue weighted by Gasteiger charge is 2.34. The number of nitrogens with zero attached hydrogens (tertiary/aromatic N) is 3. The molecule has 0 aliphatic heterocycles. The Balaban J connectivity index is 1.67. The average molecular weight is 398 g/mol. The van der Waals surface area contributed by atoms with Crippen LogP contribution in [-0.2, 0) is 20.8 Å². The molecule has 27 heavy (non-hydrogen) atoms. The fourth-order valence-corrected chi connectivity index (χ4v) is 3.54. The molecule has 11 heteroatoms. The molecule has 0 saturated heterocycles. The van der Waals surface area contributed by atoms with Crippen LogP contribution in [0.5, 0.6) is 0 Å². The van der Waals surface area contributed by atoms with Crippen LogP contribution in [0, 0.1) is 0 Å². The number of carbonyl (C=O) groups excluding carboxylic acids is 1. The molecule has 1 amide bonds. The maximum Gasteiger partial charge on any atom is 0.435 e. The zero-order valence-electron chi connectivity index (χ0n) is 13.6. The van der Waals surface area contributed by atoms with Crippen LogP contribution in [0.3, 0.4) is 0 Å². The molecule has 0 bridgehead atoms. The molecule has 2 aromatic heterocycles. The van der Waals surface area contributed by atoms with Gasteiger partial charge in [0.2, 0.25) is 5.91 Å². The molecule has 0 aliphatic carbocycles. The lowest BCUT2D eigenvalue weighted by molar-refractivity contribution is -0.141. The van der Waals surface area contributed by atoms with Gasteiger partial charge in [0.1, 0.15) is 0 Å². The molecule has 0 spiro atoms. The molecule has 0 unspecified atom stereocenters. The van der Waals surface area contributed by atoms with Gasteiger partial charge in [0.05, 0.1) is 28.7 Å². The third kappa shape index (κ3) is 4.42. The molecular formula is C16H13F3N4O3S. The smallest absolute Gasteiger partial charge is 0.323 e. The fourth-order valence-electron chi connectivity index (χ4n) is 2.28. The second-order valence-corrected chi connectivity index (χ2v) is 7.71. The Morgan fingerprint density at radius 2 is 1.89 bits per heavy atom. The van der Waals surface area contributed by atoms with Gasteiger partial charge in [0.15, 0.2) is 21.2 Å². The van der Waals surface area contributed by atoms with E-state index in [0.29, 0.717) is 0 Å². The number of carbonyl (C=O) groups is 1. The number of rotatable bonds is 5. The van der Waals surface area contributed by atoms with Crippen LogP contribution in [0.25, 0.3) is 5.65 Å². The predicted octanol–water partition coefficient (Wildman–Crippen LogP) is 2.55. The van der Waals surface area contributed by atoms with Crippen molar-refractivity contribution >= 4 is 27.1 Å². The number of hydrogen-bond donors (Lipinski definition) is 1. The van der Waals surface area contributed by atoms with E-state index in [0.717, 1.165) is 10.6 Å². The maximum atomic E-state index is 12.7. The van der Waals surface area contributed by atoms with Gasteiger partial charge in [-0.15, -0.1) is 0 Å². The van der Waals surface area contributed by atoms with Gasteiger partial charge in [-0.05, 0) is 12.1 Å². The van der Waals surface area contributed by atoms with Gasteiger partial charge in [-0.2, -0.15) is 18.3 Å². The lowest BCUT2D eigenvalue weighted by Gasteiger charge is -2.06. The first-order chi connectivity index (χ1) is 12.6. The van der Waals surface area contributed by atoms with Crippen molar-refractivity contribution < 1.29 is 26.4 Å². The first-order valence-electron chi connectivity index (χ1n) is 7.65. The first kappa shape index (κ1) is 18.8. The van der Waals surface area contributed by atoms with Gasteiger partial charge in [0, 0.05) is 12.5 Å². The molecule has 142 valence electrons. The molecule has 2 heterocycles. The van der Waals surface area contributed by atoms with Gasteiger partial charge in [-0.3, -0.25) is 4.79 Å². The quantitative estimate of drug-likeness (QED) is 0.713. The molecule has 0 atom stereocenters. The van der Waals surface area contributed by atoms with Crippen molar-refractivity contribution in [2.24, 2.45) is 0 Å². The number of anilines is 1. The van der Waals surface area contributed by atoms with E-state index < -0.39 is 33.4 Å². The summed E-state index contributed by atoms with van der Waals surface area (Å²) in [4.78, 5) is 15.9.